The van der Waals surface area contributed by atoms with E-state index >= 15 is 0 Å². The summed E-state index contributed by atoms with van der Waals surface area (Å²) in [5.74, 6) is 0.0904. The molecule has 0 saturated heterocycles. The third-order valence-corrected chi connectivity index (χ3v) is 7.18. The first-order chi connectivity index (χ1) is 18.7. The van der Waals surface area contributed by atoms with Gasteiger partial charge in [-0.3, -0.25) is 0 Å². The average Bonchev–Trinajstić information content (AvgIpc) is 2.92. The molecule has 0 saturated carbocycles. The van der Waals surface area contributed by atoms with Crippen molar-refractivity contribution in [3.63, 3.8) is 0 Å². The Morgan fingerprint density at radius 3 is 1.92 bits per heavy atom. The Morgan fingerprint density at radius 2 is 1.26 bits per heavy atom. The Kier molecular flexibility index (Phi) is 7.08. The molecule has 0 N–H and O–H groups in total. The van der Waals surface area contributed by atoms with E-state index in [1.54, 1.807) is 6.92 Å². The number of rotatable bonds is 6. The van der Waals surface area contributed by atoms with Crippen molar-refractivity contribution in [2.24, 2.45) is 0 Å². The molecule has 0 fully saturated rings. The van der Waals surface area contributed by atoms with Gasteiger partial charge in [0.1, 0.15) is 5.75 Å². The summed E-state index contributed by atoms with van der Waals surface area (Å²) >= 11 is 0. The largest absolute Gasteiger partial charge is 0.423 e. The summed E-state index contributed by atoms with van der Waals surface area (Å²) in [7, 11) is 0. The number of carbonyl (C=O) groups is 1. The SMILES string of the molecule is C=C(C)C(=O)Oc1ccc2cc(N(c3ccc(C)cc3)c3ccc(-c4ccc(C)c(C)c4)cc3C)ccc2c1. The van der Waals surface area contributed by atoms with E-state index < -0.39 is 5.97 Å². The van der Waals surface area contributed by atoms with Gasteiger partial charge in [-0.2, -0.15) is 0 Å². The van der Waals surface area contributed by atoms with Gasteiger partial charge in [0.15, 0.2) is 0 Å². The molecule has 0 aliphatic heterocycles. The van der Waals surface area contributed by atoms with E-state index in [0.29, 0.717) is 11.3 Å². The van der Waals surface area contributed by atoms with E-state index in [1.165, 1.54) is 33.4 Å². The monoisotopic (exact) mass is 511 g/mol. The second-order valence-electron chi connectivity index (χ2n) is 10.3. The highest BCUT2D eigenvalue weighted by Gasteiger charge is 2.16. The molecule has 194 valence electrons. The van der Waals surface area contributed by atoms with Crippen LogP contribution in [0.1, 0.15) is 29.2 Å². The Morgan fingerprint density at radius 1 is 0.641 bits per heavy atom. The Bertz CT molecular complexity index is 1710. The number of hydrogen-bond acceptors (Lipinski definition) is 3. The number of fused-ring (bicyclic) bond motifs is 1. The van der Waals surface area contributed by atoms with E-state index in [0.717, 1.165) is 27.8 Å². The van der Waals surface area contributed by atoms with Crippen LogP contribution in [-0.2, 0) is 4.79 Å². The van der Waals surface area contributed by atoms with E-state index in [4.69, 9.17) is 4.74 Å². The van der Waals surface area contributed by atoms with Gasteiger partial charge in [0.05, 0.1) is 0 Å². The zero-order valence-corrected chi connectivity index (χ0v) is 23.2. The molecule has 3 nitrogen and oxygen atoms in total. The highest BCUT2D eigenvalue weighted by Crippen LogP contribution is 2.39. The minimum atomic E-state index is -0.420. The number of carbonyl (C=O) groups excluding carboxylic acids is 1. The first kappa shape index (κ1) is 26.0. The molecule has 0 bridgehead atoms. The molecule has 0 aromatic heterocycles. The summed E-state index contributed by atoms with van der Waals surface area (Å²) in [6.45, 7) is 13.9. The quantitative estimate of drug-likeness (QED) is 0.129. The van der Waals surface area contributed by atoms with Gasteiger partial charge in [0.25, 0.3) is 0 Å². The van der Waals surface area contributed by atoms with Gasteiger partial charge >= 0.3 is 5.97 Å². The van der Waals surface area contributed by atoms with Crippen LogP contribution in [0.15, 0.2) is 109 Å². The van der Waals surface area contributed by atoms with Crippen LogP contribution in [0.3, 0.4) is 0 Å². The molecule has 3 heteroatoms. The van der Waals surface area contributed by atoms with E-state index in [1.807, 2.05) is 18.2 Å². The van der Waals surface area contributed by atoms with E-state index in [-0.39, 0.29) is 0 Å². The lowest BCUT2D eigenvalue weighted by molar-refractivity contribution is -0.130. The maximum absolute atomic E-state index is 12.0. The number of hydrogen-bond donors (Lipinski definition) is 0. The minimum Gasteiger partial charge on any atom is -0.423 e. The molecule has 0 heterocycles. The van der Waals surface area contributed by atoms with Gasteiger partial charge in [-0.25, -0.2) is 4.79 Å². The lowest BCUT2D eigenvalue weighted by Gasteiger charge is -2.28. The van der Waals surface area contributed by atoms with Gasteiger partial charge in [0, 0.05) is 22.6 Å². The van der Waals surface area contributed by atoms with E-state index in [9.17, 15) is 4.79 Å². The maximum Gasteiger partial charge on any atom is 0.338 e. The van der Waals surface area contributed by atoms with Crippen molar-refractivity contribution in [2.45, 2.75) is 34.6 Å². The first-order valence-electron chi connectivity index (χ1n) is 13.2. The summed E-state index contributed by atoms with van der Waals surface area (Å²) in [6, 6.07) is 34.0. The smallest absolute Gasteiger partial charge is 0.338 e. The molecule has 0 aliphatic rings. The zero-order chi connectivity index (χ0) is 27.7. The fourth-order valence-corrected chi connectivity index (χ4v) is 4.74. The van der Waals surface area contributed by atoms with Crippen LogP contribution < -0.4 is 9.64 Å². The summed E-state index contributed by atoms with van der Waals surface area (Å²) < 4.78 is 5.44. The molecular weight excluding hydrogens is 478 g/mol. The number of esters is 1. The standard InChI is InChI=1S/C36H33NO2/c1-23(2)36(38)39-34-17-12-30-21-33(16-11-31(30)22-34)37(32-14-7-24(3)8-15-32)35-18-13-29(20-27(35)6)28-10-9-25(4)26(5)19-28/h7-22H,1H2,2-6H3. The fourth-order valence-electron chi connectivity index (χ4n) is 4.74. The summed E-state index contributed by atoms with van der Waals surface area (Å²) in [5.41, 5.74) is 11.1. The highest BCUT2D eigenvalue weighted by molar-refractivity contribution is 5.92. The molecule has 5 aromatic carbocycles. The van der Waals surface area contributed by atoms with Crippen LogP contribution in [0.25, 0.3) is 21.9 Å². The normalized spacial score (nSPS) is 10.9. The van der Waals surface area contributed by atoms with Crippen molar-refractivity contribution in [2.75, 3.05) is 4.90 Å². The molecular formula is C36H33NO2. The van der Waals surface area contributed by atoms with Crippen LogP contribution >= 0.6 is 0 Å². The Hall–Kier alpha value is -4.63. The van der Waals surface area contributed by atoms with Crippen LogP contribution in [0.2, 0.25) is 0 Å². The summed E-state index contributed by atoms with van der Waals surface area (Å²) in [5, 5.41) is 2.06. The molecule has 0 unspecified atom stereocenters. The predicted octanol–water partition coefficient (Wildman–Crippen LogP) is 9.69. The van der Waals surface area contributed by atoms with Crippen LogP contribution in [0, 0.1) is 27.7 Å². The molecule has 0 amide bonds. The van der Waals surface area contributed by atoms with Crippen molar-refractivity contribution < 1.29 is 9.53 Å². The molecule has 0 spiro atoms. The Balaban J connectivity index is 1.57. The molecule has 0 radical (unpaired) electrons. The number of aryl methyl sites for hydroxylation is 4. The van der Waals surface area contributed by atoms with Gasteiger partial charge in [-0.15, -0.1) is 0 Å². The van der Waals surface area contributed by atoms with Gasteiger partial charge < -0.3 is 9.64 Å². The van der Waals surface area contributed by atoms with Gasteiger partial charge in [-0.1, -0.05) is 60.7 Å². The van der Waals surface area contributed by atoms with Crippen molar-refractivity contribution in [3.8, 4) is 16.9 Å². The lowest BCUT2D eigenvalue weighted by Crippen LogP contribution is -2.11. The average molecular weight is 512 g/mol. The number of benzene rings is 5. The Labute approximate surface area is 231 Å². The summed E-state index contributed by atoms with van der Waals surface area (Å²) in [4.78, 5) is 14.3. The fraction of sp³-hybridized carbons (Fsp3) is 0.139. The first-order valence-corrected chi connectivity index (χ1v) is 13.2. The molecule has 0 atom stereocenters. The lowest BCUT2D eigenvalue weighted by atomic mass is 9.98. The second kappa shape index (κ2) is 10.6. The van der Waals surface area contributed by atoms with Crippen LogP contribution in [0.5, 0.6) is 5.75 Å². The number of nitrogens with zero attached hydrogens (tertiary/aromatic N) is 1. The highest BCUT2D eigenvalue weighted by atomic mass is 16.5. The summed E-state index contributed by atoms with van der Waals surface area (Å²) in [6.07, 6.45) is 0. The van der Waals surface area contributed by atoms with Gasteiger partial charge in [-0.05, 0) is 122 Å². The van der Waals surface area contributed by atoms with E-state index in [2.05, 4.69) is 118 Å². The number of ether oxygens (including phenoxy) is 1. The van der Waals surface area contributed by atoms with Crippen molar-refractivity contribution >= 4 is 33.8 Å². The second-order valence-corrected chi connectivity index (χ2v) is 10.3. The molecule has 5 rings (SSSR count). The van der Waals surface area contributed by atoms with Gasteiger partial charge in [0.2, 0.25) is 0 Å². The zero-order valence-electron chi connectivity index (χ0n) is 23.2. The van der Waals surface area contributed by atoms with Crippen molar-refractivity contribution in [1.29, 1.82) is 0 Å². The third-order valence-electron chi connectivity index (χ3n) is 7.18. The maximum atomic E-state index is 12.0. The number of anilines is 3. The van der Waals surface area contributed by atoms with Crippen LogP contribution in [0.4, 0.5) is 17.1 Å². The molecule has 0 aliphatic carbocycles. The third kappa shape index (κ3) is 5.49. The van der Waals surface area contributed by atoms with Crippen LogP contribution in [-0.4, -0.2) is 5.97 Å². The minimum absolute atomic E-state index is 0.373. The molecule has 39 heavy (non-hydrogen) atoms. The van der Waals surface area contributed by atoms with Crippen molar-refractivity contribution in [3.05, 3.63) is 131 Å². The topological polar surface area (TPSA) is 29.5 Å². The predicted molar refractivity (Wildman–Crippen MR) is 163 cm³/mol. The molecule has 5 aromatic rings. The van der Waals surface area contributed by atoms with Crippen molar-refractivity contribution in [1.82, 2.24) is 0 Å².